The Hall–Kier alpha value is -1.99. The second kappa shape index (κ2) is 10.5. The van der Waals surface area contributed by atoms with Gasteiger partial charge < -0.3 is 20.1 Å². The van der Waals surface area contributed by atoms with E-state index in [0.717, 1.165) is 44.2 Å². The Morgan fingerprint density at radius 3 is 2.61 bits per heavy atom. The maximum atomic E-state index is 12.1. The van der Waals surface area contributed by atoms with Gasteiger partial charge in [-0.15, -0.1) is 0 Å². The number of urea groups is 1. The summed E-state index contributed by atoms with van der Waals surface area (Å²) in [5.41, 5.74) is 1.48. The van der Waals surface area contributed by atoms with E-state index in [0.29, 0.717) is 28.9 Å². The maximum Gasteiger partial charge on any atom is 0.319 e. The molecule has 0 radical (unpaired) electrons. The molecule has 1 aliphatic rings. The normalized spacial score (nSPS) is 14.5. The number of hydrogen-bond donors (Lipinski definition) is 2. The smallest absolute Gasteiger partial charge is 0.319 e. The van der Waals surface area contributed by atoms with Gasteiger partial charge in [0.2, 0.25) is 0 Å². The topological polar surface area (TPSA) is 62.8 Å². The van der Waals surface area contributed by atoms with Gasteiger partial charge in [-0.1, -0.05) is 35.3 Å². The van der Waals surface area contributed by atoms with E-state index in [4.69, 9.17) is 32.7 Å². The van der Waals surface area contributed by atoms with Gasteiger partial charge in [0.15, 0.2) is 0 Å². The van der Waals surface area contributed by atoms with E-state index in [2.05, 4.69) is 15.5 Å². The van der Waals surface area contributed by atoms with Crippen LogP contribution in [0, 0.1) is 0 Å². The highest BCUT2D eigenvalue weighted by Gasteiger charge is 2.10. The van der Waals surface area contributed by atoms with Gasteiger partial charge in [0.05, 0.1) is 13.2 Å². The molecule has 0 spiro atoms. The number of anilines is 1. The Balaban J connectivity index is 1.43. The van der Waals surface area contributed by atoms with Gasteiger partial charge in [0.1, 0.15) is 12.4 Å². The van der Waals surface area contributed by atoms with Crippen molar-refractivity contribution in [3.63, 3.8) is 0 Å². The third-order valence-electron chi connectivity index (χ3n) is 4.25. The molecule has 0 aliphatic carbocycles. The van der Waals surface area contributed by atoms with Crippen LogP contribution in [0.4, 0.5) is 10.5 Å². The van der Waals surface area contributed by atoms with Crippen LogP contribution in [-0.4, -0.2) is 50.4 Å². The lowest BCUT2D eigenvalue weighted by Gasteiger charge is -2.26. The summed E-state index contributed by atoms with van der Waals surface area (Å²) in [6.45, 7) is 5.32. The zero-order valence-electron chi connectivity index (χ0n) is 15.4. The second-order valence-corrected chi connectivity index (χ2v) is 7.29. The molecule has 8 heteroatoms. The first-order chi connectivity index (χ1) is 13.6. The van der Waals surface area contributed by atoms with Crippen LogP contribution in [0.5, 0.6) is 5.75 Å². The van der Waals surface area contributed by atoms with Gasteiger partial charge in [-0.25, -0.2) is 4.79 Å². The minimum Gasteiger partial charge on any atom is -0.492 e. The van der Waals surface area contributed by atoms with E-state index >= 15 is 0 Å². The van der Waals surface area contributed by atoms with Gasteiger partial charge in [-0.2, -0.15) is 0 Å². The first-order valence-corrected chi connectivity index (χ1v) is 9.87. The molecule has 2 aromatic carbocycles. The van der Waals surface area contributed by atoms with Crippen molar-refractivity contribution < 1.29 is 14.3 Å². The quantitative estimate of drug-likeness (QED) is 0.705. The fourth-order valence-corrected chi connectivity index (χ4v) is 3.37. The molecular weight excluding hydrogens is 401 g/mol. The number of nitrogens with one attached hydrogen (secondary N) is 2. The first-order valence-electron chi connectivity index (χ1n) is 9.11. The van der Waals surface area contributed by atoms with Crippen LogP contribution in [0.2, 0.25) is 10.0 Å². The van der Waals surface area contributed by atoms with Crippen molar-refractivity contribution in [2.45, 2.75) is 6.54 Å². The van der Waals surface area contributed by atoms with Gasteiger partial charge in [-0.3, -0.25) is 4.90 Å². The highest BCUT2D eigenvalue weighted by atomic mass is 35.5. The second-order valence-electron chi connectivity index (χ2n) is 6.42. The van der Waals surface area contributed by atoms with E-state index in [1.807, 2.05) is 24.3 Å². The lowest BCUT2D eigenvalue weighted by molar-refractivity contribution is 0.0322. The molecule has 0 saturated carbocycles. The lowest BCUT2D eigenvalue weighted by atomic mass is 10.2. The average molecular weight is 424 g/mol. The molecule has 1 fully saturated rings. The van der Waals surface area contributed by atoms with Crippen LogP contribution in [0.15, 0.2) is 42.5 Å². The van der Waals surface area contributed by atoms with Gasteiger partial charge >= 0.3 is 6.03 Å². The number of rotatable bonds is 7. The summed E-state index contributed by atoms with van der Waals surface area (Å²) >= 11 is 11.9. The molecule has 1 heterocycles. The number of benzene rings is 2. The monoisotopic (exact) mass is 423 g/mol. The summed E-state index contributed by atoms with van der Waals surface area (Å²) < 4.78 is 11.2. The van der Waals surface area contributed by atoms with E-state index in [9.17, 15) is 4.79 Å². The van der Waals surface area contributed by atoms with Crippen LogP contribution >= 0.6 is 23.2 Å². The molecule has 6 nitrogen and oxygen atoms in total. The van der Waals surface area contributed by atoms with Crippen molar-refractivity contribution in [1.29, 1.82) is 0 Å². The summed E-state index contributed by atoms with van der Waals surface area (Å²) in [6, 6.07) is 12.2. The summed E-state index contributed by atoms with van der Waals surface area (Å²) in [7, 11) is 0. The molecule has 3 rings (SSSR count). The van der Waals surface area contributed by atoms with Crippen LogP contribution < -0.4 is 15.4 Å². The van der Waals surface area contributed by atoms with Crippen molar-refractivity contribution in [1.82, 2.24) is 10.2 Å². The number of carbonyl (C=O) groups is 1. The van der Waals surface area contributed by atoms with E-state index in [-0.39, 0.29) is 6.03 Å². The van der Waals surface area contributed by atoms with Crippen LogP contribution in [-0.2, 0) is 11.3 Å². The highest BCUT2D eigenvalue weighted by Crippen LogP contribution is 2.22. The van der Waals surface area contributed by atoms with Gasteiger partial charge in [0.25, 0.3) is 0 Å². The number of ether oxygens (including phenoxy) is 2. The van der Waals surface area contributed by atoms with Crippen molar-refractivity contribution in [2.75, 3.05) is 44.8 Å². The van der Waals surface area contributed by atoms with E-state index in [1.54, 1.807) is 18.2 Å². The fraction of sp³-hybridized carbons (Fsp3) is 0.350. The molecule has 1 aliphatic heterocycles. The summed E-state index contributed by atoms with van der Waals surface area (Å²) in [6.07, 6.45) is 0. The Kier molecular flexibility index (Phi) is 7.80. The van der Waals surface area contributed by atoms with Crippen molar-refractivity contribution in [3.05, 3.63) is 58.1 Å². The molecule has 2 N–H and O–H groups in total. The van der Waals surface area contributed by atoms with Crippen molar-refractivity contribution in [3.8, 4) is 5.75 Å². The summed E-state index contributed by atoms with van der Waals surface area (Å²) in [5, 5.41) is 6.45. The number of hydrogen-bond acceptors (Lipinski definition) is 4. The zero-order chi connectivity index (χ0) is 19.8. The predicted molar refractivity (Wildman–Crippen MR) is 112 cm³/mol. The van der Waals surface area contributed by atoms with Crippen molar-refractivity contribution in [2.24, 2.45) is 0 Å². The van der Waals surface area contributed by atoms with Gasteiger partial charge in [0, 0.05) is 41.9 Å². The van der Waals surface area contributed by atoms with Crippen LogP contribution in [0.1, 0.15) is 5.56 Å². The lowest BCUT2D eigenvalue weighted by Crippen LogP contribution is -2.38. The first kappa shape index (κ1) is 20.7. The number of carbonyl (C=O) groups excluding carboxylic acids is 1. The predicted octanol–water partition coefficient (Wildman–Crippen LogP) is 4.03. The van der Waals surface area contributed by atoms with E-state index < -0.39 is 0 Å². The van der Waals surface area contributed by atoms with Gasteiger partial charge in [-0.05, 0) is 35.9 Å². The molecule has 1 saturated heterocycles. The molecule has 0 unspecified atom stereocenters. The number of amides is 2. The Labute approximate surface area is 174 Å². The summed E-state index contributed by atoms with van der Waals surface area (Å²) in [4.78, 5) is 14.4. The molecule has 2 aromatic rings. The molecule has 0 aromatic heterocycles. The Morgan fingerprint density at radius 2 is 1.86 bits per heavy atom. The Morgan fingerprint density at radius 1 is 1.11 bits per heavy atom. The Bertz CT molecular complexity index is 778. The van der Waals surface area contributed by atoms with Crippen LogP contribution in [0.25, 0.3) is 0 Å². The molecule has 2 amide bonds. The molecule has 28 heavy (non-hydrogen) atoms. The summed E-state index contributed by atoms with van der Waals surface area (Å²) in [5.74, 6) is 0.787. The largest absolute Gasteiger partial charge is 0.492 e. The molecule has 0 atom stereocenters. The fourth-order valence-electron chi connectivity index (χ4n) is 2.85. The minimum absolute atomic E-state index is 0.336. The van der Waals surface area contributed by atoms with Crippen LogP contribution in [0.3, 0.4) is 0 Å². The molecular formula is C20H23Cl2N3O3. The standard InChI is InChI=1S/C20H23Cl2N3O3/c21-16-11-17(22)13-18(12-16)24-20(26)23-14-15-2-1-3-19(10-15)28-9-6-25-4-7-27-8-5-25/h1-3,10-13H,4-9,14H2,(H2,23,24,26). The molecule has 0 bridgehead atoms. The van der Waals surface area contributed by atoms with Crippen molar-refractivity contribution >= 4 is 34.9 Å². The minimum atomic E-state index is -0.336. The average Bonchev–Trinajstić information content (AvgIpc) is 2.67. The SMILES string of the molecule is O=C(NCc1cccc(OCCN2CCOCC2)c1)Nc1cc(Cl)cc(Cl)c1. The number of halogens is 2. The number of morpholine rings is 1. The number of nitrogens with zero attached hydrogens (tertiary/aromatic N) is 1. The van der Waals surface area contributed by atoms with E-state index in [1.165, 1.54) is 0 Å². The zero-order valence-corrected chi connectivity index (χ0v) is 16.9. The molecule has 150 valence electrons. The highest BCUT2D eigenvalue weighted by molar-refractivity contribution is 6.35. The third-order valence-corrected chi connectivity index (χ3v) is 4.69. The maximum absolute atomic E-state index is 12.1. The third kappa shape index (κ3) is 6.87.